The molecule has 104 valence electrons. The minimum atomic E-state index is 0.174. The van der Waals surface area contributed by atoms with E-state index in [0.717, 1.165) is 65.1 Å². The van der Waals surface area contributed by atoms with Crippen LogP contribution in [0.5, 0.6) is 0 Å². The number of nitrogens with two attached hydrogens (primary N) is 1. The maximum absolute atomic E-state index is 12.1. The standard InChI is InChI=1S/C13H25N3O2/c14-4-2-5-15-6-8-16(9-7-15)13(17)11-12-3-1-10-18-12/h12H,1-11,14H2. The van der Waals surface area contributed by atoms with Gasteiger partial charge in [0.15, 0.2) is 0 Å². The van der Waals surface area contributed by atoms with Crippen LogP contribution < -0.4 is 5.73 Å². The van der Waals surface area contributed by atoms with E-state index < -0.39 is 0 Å². The van der Waals surface area contributed by atoms with Crippen molar-refractivity contribution < 1.29 is 9.53 Å². The van der Waals surface area contributed by atoms with Crippen LogP contribution in [0.1, 0.15) is 25.7 Å². The van der Waals surface area contributed by atoms with Crippen molar-refractivity contribution in [2.75, 3.05) is 45.9 Å². The summed E-state index contributed by atoms with van der Waals surface area (Å²) in [5.74, 6) is 0.264. The Balaban J connectivity index is 1.66. The molecule has 0 bridgehead atoms. The minimum Gasteiger partial charge on any atom is -0.378 e. The van der Waals surface area contributed by atoms with Crippen LogP contribution in [0.2, 0.25) is 0 Å². The van der Waals surface area contributed by atoms with Crippen molar-refractivity contribution in [1.29, 1.82) is 0 Å². The van der Waals surface area contributed by atoms with Crippen LogP contribution in [0.3, 0.4) is 0 Å². The molecule has 2 aliphatic heterocycles. The van der Waals surface area contributed by atoms with Gasteiger partial charge in [0.25, 0.3) is 0 Å². The average molecular weight is 255 g/mol. The van der Waals surface area contributed by atoms with Crippen LogP contribution in [0, 0.1) is 0 Å². The molecule has 5 heteroatoms. The molecule has 5 nitrogen and oxygen atoms in total. The highest BCUT2D eigenvalue weighted by atomic mass is 16.5. The van der Waals surface area contributed by atoms with Gasteiger partial charge in [-0.05, 0) is 32.4 Å². The van der Waals surface area contributed by atoms with Crippen molar-refractivity contribution >= 4 is 5.91 Å². The minimum absolute atomic E-state index is 0.174. The molecule has 2 aliphatic rings. The SMILES string of the molecule is NCCCN1CCN(C(=O)CC2CCCO2)CC1. The number of hydrogen-bond acceptors (Lipinski definition) is 4. The lowest BCUT2D eigenvalue weighted by Gasteiger charge is -2.35. The van der Waals surface area contributed by atoms with E-state index in [-0.39, 0.29) is 12.0 Å². The first-order valence-electron chi connectivity index (χ1n) is 7.11. The normalized spacial score (nSPS) is 25.6. The van der Waals surface area contributed by atoms with E-state index in [0.29, 0.717) is 6.42 Å². The smallest absolute Gasteiger partial charge is 0.225 e. The molecule has 1 unspecified atom stereocenters. The molecule has 0 aliphatic carbocycles. The molecule has 0 saturated carbocycles. The van der Waals surface area contributed by atoms with Gasteiger partial charge in [0.05, 0.1) is 12.5 Å². The van der Waals surface area contributed by atoms with E-state index in [4.69, 9.17) is 10.5 Å². The monoisotopic (exact) mass is 255 g/mol. The van der Waals surface area contributed by atoms with E-state index in [1.807, 2.05) is 4.90 Å². The summed E-state index contributed by atoms with van der Waals surface area (Å²) in [6.45, 7) is 6.31. The number of amides is 1. The van der Waals surface area contributed by atoms with Crippen molar-refractivity contribution in [3.63, 3.8) is 0 Å². The lowest BCUT2D eigenvalue weighted by molar-refractivity contribution is -0.135. The molecular weight excluding hydrogens is 230 g/mol. The number of rotatable bonds is 5. The molecule has 18 heavy (non-hydrogen) atoms. The summed E-state index contributed by atoms with van der Waals surface area (Å²) >= 11 is 0. The third-order valence-corrected chi connectivity index (χ3v) is 3.83. The maximum Gasteiger partial charge on any atom is 0.225 e. The Bertz CT molecular complexity index is 259. The zero-order chi connectivity index (χ0) is 12.8. The van der Waals surface area contributed by atoms with Gasteiger partial charge in [-0.3, -0.25) is 9.69 Å². The van der Waals surface area contributed by atoms with Gasteiger partial charge in [-0.15, -0.1) is 0 Å². The lowest BCUT2D eigenvalue weighted by Crippen LogP contribution is -2.49. The first-order chi connectivity index (χ1) is 8.79. The number of carbonyl (C=O) groups excluding carboxylic acids is 1. The van der Waals surface area contributed by atoms with Crippen LogP contribution in [-0.4, -0.2) is 67.7 Å². The molecule has 2 rings (SSSR count). The zero-order valence-corrected chi connectivity index (χ0v) is 11.1. The molecule has 1 atom stereocenters. The first-order valence-corrected chi connectivity index (χ1v) is 7.11. The Hall–Kier alpha value is -0.650. The summed E-state index contributed by atoms with van der Waals surface area (Å²) in [7, 11) is 0. The van der Waals surface area contributed by atoms with Gasteiger partial charge in [0.2, 0.25) is 5.91 Å². The van der Waals surface area contributed by atoms with E-state index in [9.17, 15) is 4.79 Å². The van der Waals surface area contributed by atoms with E-state index in [2.05, 4.69) is 4.90 Å². The Morgan fingerprint density at radius 3 is 2.67 bits per heavy atom. The lowest BCUT2D eigenvalue weighted by atomic mass is 10.1. The Morgan fingerprint density at radius 2 is 2.06 bits per heavy atom. The van der Waals surface area contributed by atoms with Crippen molar-refractivity contribution in [2.45, 2.75) is 31.8 Å². The van der Waals surface area contributed by atoms with E-state index in [1.165, 1.54) is 0 Å². The summed E-state index contributed by atoms with van der Waals surface area (Å²) in [6.07, 6.45) is 3.94. The molecular formula is C13H25N3O2. The molecule has 2 N–H and O–H groups in total. The van der Waals surface area contributed by atoms with Crippen LogP contribution in [0.4, 0.5) is 0 Å². The molecule has 0 spiro atoms. The van der Waals surface area contributed by atoms with Crippen molar-refractivity contribution in [2.24, 2.45) is 5.73 Å². The summed E-state index contributed by atoms with van der Waals surface area (Å²) in [5.41, 5.74) is 5.51. The van der Waals surface area contributed by atoms with Gasteiger partial charge in [-0.1, -0.05) is 0 Å². The fourth-order valence-electron chi connectivity index (χ4n) is 2.66. The number of nitrogens with zero attached hydrogens (tertiary/aromatic N) is 2. The van der Waals surface area contributed by atoms with Gasteiger partial charge in [-0.25, -0.2) is 0 Å². The van der Waals surface area contributed by atoms with Gasteiger partial charge < -0.3 is 15.4 Å². The Kier molecular flexibility index (Phi) is 5.41. The second-order valence-electron chi connectivity index (χ2n) is 5.20. The fourth-order valence-corrected chi connectivity index (χ4v) is 2.66. The molecule has 0 aromatic rings. The number of ether oxygens (including phenoxy) is 1. The second-order valence-corrected chi connectivity index (χ2v) is 5.20. The largest absolute Gasteiger partial charge is 0.378 e. The van der Waals surface area contributed by atoms with Crippen molar-refractivity contribution in [3.8, 4) is 0 Å². The topological polar surface area (TPSA) is 58.8 Å². The third kappa shape index (κ3) is 3.93. The summed E-state index contributed by atoms with van der Waals surface area (Å²) in [4.78, 5) is 16.5. The van der Waals surface area contributed by atoms with Crippen LogP contribution in [-0.2, 0) is 9.53 Å². The molecule has 2 fully saturated rings. The molecule has 2 heterocycles. The second kappa shape index (κ2) is 7.07. The van der Waals surface area contributed by atoms with Gasteiger partial charge in [0.1, 0.15) is 0 Å². The third-order valence-electron chi connectivity index (χ3n) is 3.83. The summed E-state index contributed by atoms with van der Waals surface area (Å²) < 4.78 is 5.52. The van der Waals surface area contributed by atoms with Gasteiger partial charge >= 0.3 is 0 Å². The van der Waals surface area contributed by atoms with Crippen LogP contribution in [0.25, 0.3) is 0 Å². The van der Waals surface area contributed by atoms with Crippen LogP contribution >= 0.6 is 0 Å². The zero-order valence-electron chi connectivity index (χ0n) is 11.1. The molecule has 1 amide bonds. The highest BCUT2D eigenvalue weighted by Gasteiger charge is 2.25. The summed E-state index contributed by atoms with van der Waals surface area (Å²) in [6, 6.07) is 0. The van der Waals surface area contributed by atoms with Gasteiger partial charge in [0, 0.05) is 32.8 Å². The predicted molar refractivity (Wildman–Crippen MR) is 70.3 cm³/mol. The fraction of sp³-hybridized carbons (Fsp3) is 0.923. The van der Waals surface area contributed by atoms with Gasteiger partial charge in [-0.2, -0.15) is 0 Å². The quantitative estimate of drug-likeness (QED) is 0.754. The van der Waals surface area contributed by atoms with Crippen LogP contribution in [0.15, 0.2) is 0 Å². The maximum atomic E-state index is 12.1. The van der Waals surface area contributed by atoms with E-state index >= 15 is 0 Å². The predicted octanol–water partition coefficient (Wildman–Crippen LogP) is 0.0485. The Morgan fingerprint density at radius 1 is 1.28 bits per heavy atom. The molecule has 2 saturated heterocycles. The van der Waals surface area contributed by atoms with E-state index in [1.54, 1.807) is 0 Å². The summed E-state index contributed by atoms with van der Waals surface area (Å²) in [5, 5.41) is 0. The first kappa shape index (κ1) is 13.8. The Labute approximate surface area is 109 Å². The van der Waals surface area contributed by atoms with Crippen molar-refractivity contribution in [1.82, 2.24) is 9.80 Å². The number of piperazine rings is 1. The molecule has 0 aromatic carbocycles. The highest BCUT2D eigenvalue weighted by Crippen LogP contribution is 2.17. The molecule has 0 radical (unpaired) electrons. The average Bonchev–Trinajstić information content (AvgIpc) is 2.89. The van der Waals surface area contributed by atoms with Crippen molar-refractivity contribution in [3.05, 3.63) is 0 Å². The highest BCUT2D eigenvalue weighted by molar-refractivity contribution is 5.76. The molecule has 0 aromatic heterocycles. The number of carbonyl (C=O) groups is 1. The number of hydrogen-bond donors (Lipinski definition) is 1.